The number of carbonyl (C=O) groups is 4. The predicted octanol–water partition coefficient (Wildman–Crippen LogP) is 5.26. The van der Waals surface area contributed by atoms with Crippen molar-refractivity contribution in [3.05, 3.63) is 108 Å². The van der Waals surface area contributed by atoms with E-state index in [1.807, 2.05) is 91.0 Å². The Morgan fingerprint density at radius 1 is 0.698 bits per heavy atom. The third kappa shape index (κ3) is 8.67. The van der Waals surface area contributed by atoms with Gasteiger partial charge >= 0.3 is 12.1 Å². The van der Waals surface area contributed by atoms with Gasteiger partial charge in [0, 0.05) is 26.1 Å². The van der Waals surface area contributed by atoms with Crippen LogP contribution in [0.1, 0.15) is 61.6 Å². The molecule has 0 radical (unpaired) electrons. The number of imide groups is 1. The number of nitrogens with zero attached hydrogens (tertiary/aromatic N) is 1. The second kappa shape index (κ2) is 16.1. The zero-order valence-electron chi connectivity index (χ0n) is 24.4. The molecule has 1 saturated heterocycles. The fourth-order valence-corrected chi connectivity index (χ4v) is 5.15. The van der Waals surface area contributed by atoms with Gasteiger partial charge in [0.15, 0.2) is 5.54 Å². The number of hydrogen-bond donors (Lipinski definition) is 3. The smallest absolute Gasteiger partial charge is 0.407 e. The maximum atomic E-state index is 13.7. The van der Waals surface area contributed by atoms with Crippen LogP contribution in [0.3, 0.4) is 0 Å². The molecule has 0 aliphatic carbocycles. The fourth-order valence-electron chi connectivity index (χ4n) is 5.15. The van der Waals surface area contributed by atoms with Crippen LogP contribution in [0.2, 0.25) is 0 Å². The normalized spacial score (nSPS) is 13.8. The van der Waals surface area contributed by atoms with Gasteiger partial charge in [0.1, 0.15) is 6.61 Å². The SMILES string of the molecule is O=C(CCCCN1C(=O)NC(c2ccccc2)(c2ccccc2)C1=O)NCCCCCCNC(=O)OCc1ccccc1. The number of rotatable bonds is 16. The van der Waals surface area contributed by atoms with Crippen LogP contribution in [0.5, 0.6) is 0 Å². The Bertz CT molecular complexity index is 1300. The van der Waals surface area contributed by atoms with E-state index in [-0.39, 0.29) is 25.0 Å². The third-order valence-electron chi connectivity index (χ3n) is 7.46. The Kier molecular flexibility index (Phi) is 11.7. The molecule has 5 amide bonds. The molecule has 0 saturated carbocycles. The van der Waals surface area contributed by atoms with Gasteiger partial charge in [-0.05, 0) is 42.4 Å². The molecule has 3 aromatic carbocycles. The zero-order valence-corrected chi connectivity index (χ0v) is 24.4. The van der Waals surface area contributed by atoms with Gasteiger partial charge in [0.05, 0.1) is 0 Å². The molecule has 0 aromatic heterocycles. The molecule has 0 atom stereocenters. The molecule has 4 rings (SSSR count). The highest BCUT2D eigenvalue weighted by molar-refractivity contribution is 6.09. The third-order valence-corrected chi connectivity index (χ3v) is 7.46. The average molecular weight is 585 g/mol. The molecule has 9 nitrogen and oxygen atoms in total. The Morgan fingerprint density at radius 2 is 1.26 bits per heavy atom. The number of benzene rings is 3. The van der Waals surface area contributed by atoms with Crippen molar-refractivity contribution in [1.29, 1.82) is 0 Å². The summed E-state index contributed by atoms with van der Waals surface area (Å²) in [4.78, 5) is 51.9. The largest absolute Gasteiger partial charge is 0.445 e. The number of carbonyl (C=O) groups excluding carboxylic acids is 4. The van der Waals surface area contributed by atoms with Gasteiger partial charge < -0.3 is 20.7 Å². The van der Waals surface area contributed by atoms with Crippen molar-refractivity contribution in [3.63, 3.8) is 0 Å². The van der Waals surface area contributed by atoms with Gasteiger partial charge in [-0.1, -0.05) is 104 Å². The van der Waals surface area contributed by atoms with Gasteiger partial charge in [-0.2, -0.15) is 0 Å². The van der Waals surface area contributed by atoms with E-state index in [4.69, 9.17) is 4.74 Å². The first kappa shape index (κ1) is 31.3. The van der Waals surface area contributed by atoms with Gasteiger partial charge in [-0.25, -0.2) is 9.59 Å². The first-order valence-corrected chi connectivity index (χ1v) is 15.0. The highest BCUT2D eigenvalue weighted by Crippen LogP contribution is 2.36. The Labute approximate surface area is 253 Å². The molecule has 1 aliphatic heterocycles. The molecule has 43 heavy (non-hydrogen) atoms. The van der Waals surface area contributed by atoms with E-state index in [2.05, 4.69) is 16.0 Å². The maximum Gasteiger partial charge on any atom is 0.407 e. The summed E-state index contributed by atoms with van der Waals surface area (Å²) in [5, 5.41) is 8.65. The Hall–Kier alpha value is -4.66. The molecule has 1 aliphatic rings. The van der Waals surface area contributed by atoms with Crippen LogP contribution in [0.15, 0.2) is 91.0 Å². The van der Waals surface area contributed by atoms with Crippen molar-refractivity contribution in [2.45, 2.75) is 57.1 Å². The van der Waals surface area contributed by atoms with E-state index in [9.17, 15) is 19.2 Å². The van der Waals surface area contributed by atoms with Crippen molar-refractivity contribution in [3.8, 4) is 0 Å². The van der Waals surface area contributed by atoms with Gasteiger partial charge in [-0.15, -0.1) is 0 Å². The Morgan fingerprint density at radius 3 is 1.86 bits per heavy atom. The molecule has 1 fully saturated rings. The summed E-state index contributed by atoms with van der Waals surface area (Å²) in [7, 11) is 0. The second-order valence-corrected chi connectivity index (χ2v) is 10.6. The summed E-state index contributed by atoms with van der Waals surface area (Å²) in [6.07, 6.45) is 4.59. The van der Waals surface area contributed by atoms with Crippen LogP contribution in [-0.4, -0.2) is 48.5 Å². The van der Waals surface area contributed by atoms with E-state index in [1.165, 1.54) is 4.90 Å². The van der Waals surface area contributed by atoms with E-state index < -0.39 is 17.7 Å². The first-order chi connectivity index (χ1) is 21.0. The minimum Gasteiger partial charge on any atom is -0.445 e. The van der Waals surface area contributed by atoms with Crippen molar-refractivity contribution in [2.75, 3.05) is 19.6 Å². The number of amides is 5. The number of ether oxygens (including phenoxy) is 1. The molecular formula is C34H40N4O5. The zero-order chi connectivity index (χ0) is 30.3. The van der Waals surface area contributed by atoms with Crippen molar-refractivity contribution in [2.24, 2.45) is 0 Å². The fraction of sp³-hybridized carbons (Fsp3) is 0.353. The lowest BCUT2D eigenvalue weighted by atomic mass is 9.82. The van der Waals surface area contributed by atoms with Crippen molar-refractivity contribution >= 4 is 23.9 Å². The predicted molar refractivity (Wildman–Crippen MR) is 164 cm³/mol. The maximum absolute atomic E-state index is 13.7. The number of alkyl carbamates (subject to hydrolysis) is 1. The average Bonchev–Trinajstić information content (AvgIpc) is 3.30. The van der Waals surface area contributed by atoms with Crippen LogP contribution in [-0.2, 0) is 26.5 Å². The van der Waals surface area contributed by atoms with E-state index in [0.29, 0.717) is 43.5 Å². The topological polar surface area (TPSA) is 117 Å². The number of unbranched alkanes of at least 4 members (excludes halogenated alkanes) is 4. The highest BCUT2D eigenvalue weighted by Gasteiger charge is 2.53. The molecule has 3 aromatic rings. The van der Waals surface area contributed by atoms with Crippen LogP contribution >= 0.6 is 0 Å². The Balaban J connectivity index is 1.08. The highest BCUT2D eigenvalue weighted by atomic mass is 16.5. The summed E-state index contributed by atoms with van der Waals surface area (Å²) in [6.45, 7) is 1.64. The van der Waals surface area contributed by atoms with E-state index in [0.717, 1.165) is 31.2 Å². The summed E-state index contributed by atoms with van der Waals surface area (Å²) in [6, 6.07) is 27.7. The van der Waals surface area contributed by atoms with E-state index >= 15 is 0 Å². The first-order valence-electron chi connectivity index (χ1n) is 15.0. The molecule has 9 heteroatoms. The number of urea groups is 1. The lowest BCUT2D eigenvalue weighted by molar-refractivity contribution is -0.130. The summed E-state index contributed by atoms with van der Waals surface area (Å²) < 4.78 is 5.19. The van der Waals surface area contributed by atoms with Crippen LogP contribution in [0.4, 0.5) is 9.59 Å². The standard InChI is InChI=1S/C34H40N4O5/c39-30(35-23-13-1-2-14-24-36-33(42)43-26-27-16-6-3-7-17-27)22-12-15-25-38-31(40)34(37-32(38)41,28-18-8-4-9-19-28)29-20-10-5-11-21-29/h3-11,16-21H,1-2,12-15,22-26H2,(H,35,39)(H,36,42)(H,37,41). The molecule has 0 bridgehead atoms. The molecule has 226 valence electrons. The lowest BCUT2D eigenvalue weighted by Gasteiger charge is -2.28. The number of nitrogens with one attached hydrogen (secondary N) is 3. The molecule has 0 spiro atoms. The van der Waals surface area contributed by atoms with E-state index in [1.54, 1.807) is 0 Å². The molecule has 0 unspecified atom stereocenters. The summed E-state index contributed by atoms with van der Waals surface area (Å²) >= 11 is 0. The summed E-state index contributed by atoms with van der Waals surface area (Å²) in [5.41, 5.74) is 1.10. The molecule has 3 N–H and O–H groups in total. The van der Waals surface area contributed by atoms with Crippen LogP contribution < -0.4 is 16.0 Å². The molecular weight excluding hydrogens is 544 g/mol. The van der Waals surface area contributed by atoms with Gasteiger partial charge in [0.2, 0.25) is 5.91 Å². The second-order valence-electron chi connectivity index (χ2n) is 10.6. The monoisotopic (exact) mass is 584 g/mol. The van der Waals surface area contributed by atoms with Crippen LogP contribution in [0, 0.1) is 0 Å². The van der Waals surface area contributed by atoms with Crippen LogP contribution in [0.25, 0.3) is 0 Å². The lowest BCUT2D eigenvalue weighted by Crippen LogP contribution is -2.45. The molecule has 1 heterocycles. The van der Waals surface area contributed by atoms with Gasteiger partial charge in [0.25, 0.3) is 5.91 Å². The minimum absolute atomic E-state index is 0.0389. The summed E-state index contributed by atoms with van der Waals surface area (Å²) in [5.74, 6) is -0.346. The van der Waals surface area contributed by atoms with Crippen molar-refractivity contribution < 1.29 is 23.9 Å². The van der Waals surface area contributed by atoms with Crippen molar-refractivity contribution in [1.82, 2.24) is 20.9 Å². The quantitative estimate of drug-likeness (QED) is 0.157. The minimum atomic E-state index is -1.27. The van der Waals surface area contributed by atoms with Gasteiger partial charge in [-0.3, -0.25) is 14.5 Å². The number of hydrogen-bond acceptors (Lipinski definition) is 5.